The van der Waals surface area contributed by atoms with Gasteiger partial charge in [0.1, 0.15) is 24.2 Å². The molecule has 0 aliphatic rings. The molecule has 0 aromatic heterocycles. The number of carbonyl (C=O) groups excluding carboxylic acids is 5. The molecule has 0 rings (SSSR count). The highest BCUT2D eigenvalue weighted by atomic mass is 32.1. The van der Waals surface area contributed by atoms with Crippen molar-refractivity contribution < 1.29 is 24.0 Å². The summed E-state index contributed by atoms with van der Waals surface area (Å²) in [4.78, 5) is 62.9. The number of rotatable bonds is 17. The summed E-state index contributed by atoms with van der Waals surface area (Å²) in [7, 11) is 0. The molecule has 0 radical (unpaired) electrons. The molecule has 0 heterocycles. The Kier molecular flexibility index (Phi) is 16.1. The summed E-state index contributed by atoms with van der Waals surface area (Å²) in [5.41, 5.74) is 17.1. The second kappa shape index (κ2) is 17.2. The van der Waals surface area contributed by atoms with Gasteiger partial charge in [0.05, 0.1) is 6.04 Å². The van der Waals surface area contributed by atoms with Crippen molar-refractivity contribution in [2.75, 3.05) is 12.3 Å². The molecule has 0 aromatic rings. The van der Waals surface area contributed by atoms with Crippen LogP contribution in [-0.2, 0) is 24.0 Å². The quantitative estimate of drug-likeness (QED) is 0.104. The van der Waals surface area contributed by atoms with E-state index in [-0.39, 0.29) is 36.5 Å². The van der Waals surface area contributed by atoms with Crippen LogP contribution in [0.5, 0.6) is 0 Å². The van der Waals surface area contributed by atoms with Crippen LogP contribution in [0.2, 0.25) is 0 Å². The molecular weight excluding hydrogens is 498 g/mol. The minimum absolute atomic E-state index is 0.0245. The van der Waals surface area contributed by atoms with Crippen LogP contribution in [-0.4, -0.2) is 72.0 Å². The van der Waals surface area contributed by atoms with Crippen molar-refractivity contribution in [2.45, 2.75) is 91.0 Å². The van der Waals surface area contributed by atoms with Gasteiger partial charge in [0.25, 0.3) is 0 Å². The fourth-order valence-electron chi connectivity index (χ4n) is 3.55. The van der Waals surface area contributed by atoms with Crippen molar-refractivity contribution in [1.82, 2.24) is 21.3 Å². The minimum Gasteiger partial charge on any atom is -0.368 e. The summed E-state index contributed by atoms with van der Waals surface area (Å²) in [5, 5.41) is 10.3. The molecule has 0 aromatic carbocycles. The van der Waals surface area contributed by atoms with Gasteiger partial charge in [-0.2, -0.15) is 12.6 Å². The van der Waals surface area contributed by atoms with Gasteiger partial charge in [0.15, 0.2) is 0 Å². The third-order valence-corrected chi connectivity index (χ3v) is 6.27. The van der Waals surface area contributed by atoms with E-state index in [0.29, 0.717) is 12.8 Å². The van der Waals surface area contributed by atoms with Gasteiger partial charge in [-0.15, -0.1) is 0 Å². The first-order valence-electron chi connectivity index (χ1n) is 12.8. The highest BCUT2D eigenvalue weighted by molar-refractivity contribution is 7.80. The number of nitrogens with one attached hydrogen (secondary N) is 4. The fourth-order valence-corrected chi connectivity index (χ4v) is 3.81. The first kappa shape index (κ1) is 34.6. The number of hydrogen-bond donors (Lipinski definition) is 8. The summed E-state index contributed by atoms with van der Waals surface area (Å²) >= 11 is 4.13. The number of primary amides is 1. The monoisotopic (exact) mass is 545 g/mol. The van der Waals surface area contributed by atoms with Gasteiger partial charge in [-0.1, -0.05) is 48.0 Å². The molecule has 0 bridgehead atoms. The molecule has 0 saturated carbocycles. The highest BCUT2D eigenvalue weighted by Crippen LogP contribution is 2.10. The Labute approximate surface area is 225 Å². The van der Waals surface area contributed by atoms with Crippen molar-refractivity contribution in [3.63, 3.8) is 0 Å². The zero-order valence-corrected chi connectivity index (χ0v) is 23.8. The lowest BCUT2D eigenvalue weighted by molar-refractivity contribution is -0.134. The summed E-state index contributed by atoms with van der Waals surface area (Å²) in [6.07, 6.45) is 1.33. The predicted molar refractivity (Wildman–Crippen MR) is 146 cm³/mol. The molecule has 37 heavy (non-hydrogen) atoms. The Balaban J connectivity index is 5.43. The lowest BCUT2D eigenvalue weighted by Crippen LogP contribution is -2.61. The van der Waals surface area contributed by atoms with Crippen molar-refractivity contribution in [3.8, 4) is 0 Å². The summed E-state index contributed by atoms with van der Waals surface area (Å²) in [6.45, 7) is 11.0. The van der Waals surface area contributed by atoms with Crippen molar-refractivity contribution in [1.29, 1.82) is 0 Å². The average molecular weight is 546 g/mol. The molecule has 6 atom stereocenters. The molecule has 0 aliphatic heterocycles. The Hall–Kier alpha value is -2.38. The molecule has 12 nitrogen and oxygen atoms in total. The zero-order chi connectivity index (χ0) is 28.9. The van der Waals surface area contributed by atoms with E-state index in [0.717, 1.165) is 0 Å². The van der Waals surface area contributed by atoms with E-state index in [1.54, 1.807) is 6.92 Å². The summed E-state index contributed by atoms with van der Waals surface area (Å²) < 4.78 is 0. The molecule has 10 N–H and O–H groups in total. The third kappa shape index (κ3) is 12.6. The van der Waals surface area contributed by atoms with Gasteiger partial charge >= 0.3 is 0 Å². The van der Waals surface area contributed by atoms with E-state index >= 15 is 0 Å². The lowest BCUT2D eigenvalue weighted by Gasteiger charge is -2.27. The van der Waals surface area contributed by atoms with Gasteiger partial charge in [0.2, 0.25) is 29.5 Å². The molecule has 13 heteroatoms. The van der Waals surface area contributed by atoms with E-state index in [9.17, 15) is 24.0 Å². The summed E-state index contributed by atoms with van der Waals surface area (Å²) in [5.74, 6) is -3.10. The van der Waals surface area contributed by atoms with Gasteiger partial charge in [-0.25, -0.2) is 0 Å². The predicted octanol–water partition coefficient (Wildman–Crippen LogP) is -1.23. The number of amides is 5. The van der Waals surface area contributed by atoms with Crippen LogP contribution >= 0.6 is 12.6 Å². The second-order valence-corrected chi connectivity index (χ2v) is 10.6. The Morgan fingerprint density at radius 1 is 0.730 bits per heavy atom. The maximum atomic E-state index is 13.0. The van der Waals surface area contributed by atoms with Gasteiger partial charge in [-0.3, -0.25) is 24.0 Å². The normalized spacial score (nSPS) is 16.2. The molecular formula is C24H47N7O5S. The van der Waals surface area contributed by atoms with E-state index in [1.165, 1.54) is 0 Å². The lowest BCUT2D eigenvalue weighted by atomic mass is 9.97. The van der Waals surface area contributed by atoms with E-state index < -0.39 is 59.7 Å². The van der Waals surface area contributed by atoms with Crippen molar-refractivity contribution >= 4 is 42.2 Å². The smallest absolute Gasteiger partial charge is 0.244 e. The second-order valence-electron chi connectivity index (χ2n) is 10.2. The van der Waals surface area contributed by atoms with Gasteiger partial charge < -0.3 is 38.5 Å². The van der Waals surface area contributed by atoms with Crippen LogP contribution in [0.15, 0.2) is 0 Å². The number of thiol groups is 1. The Bertz CT molecular complexity index is 781. The minimum atomic E-state index is -1.18. The van der Waals surface area contributed by atoms with Crippen LogP contribution in [0.4, 0.5) is 0 Å². The number of carbonyl (C=O) groups is 5. The Morgan fingerprint density at radius 3 is 1.62 bits per heavy atom. The Morgan fingerprint density at radius 2 is 1.19 bits per heavy atom. The first-order chi connectivity index (χ1) is 17.2. The van der Waals surface area contributed by atoms with Crippen LogP contribution < -0.4 is 38.5 Å². The fraction of sp³-hybridized carbons (Fsp3) is 0.792. The molecule has 214 valence electrons. The van der Waals surface area contributed by atoms with Crippen LogP contribution in [0.1, 0.15) is 60.8 Å². The molecule has 0 saturated heterocycles. The zero-order valence-electron chi connectivity index (χ0n) is 22.9. The van der Waals surface area contributed by atoms with Crippen molar-refractivity contribution in [3.05, 3.63) is 0 Å². The molecule has 0 fully saturated rings. The third-order valence-electron chi connectivity index (χ3n) is 5.90. The molecule has 0 spiro atoms. The van der Waals surface area contributed by atoms with Crippen LogP contribution in [0, 0.1) is 17.8 Å². The van der Waals surface area contributed by atoms with E-state index in [2.05, 4.69) is 33.9 Å². The van der Waals surface area contributed by atoms with E-state index in [1.807, 2.05) is 34.6 Å². The molecule has 0 unspecified atom stereocenters. The van der Waals surface area contributed by atoms with E-state index in [4.69, 9.17) is 17.2 Å². The van der Waals surface area contributed by atoms with Crippen LogP contribution in [0.25, 0.3) is 0 Å². The largest absolute Gasteiger partial charge is 0.368 e. The molecule has 0 aliphatic carbocycles. The van der Waals surface area contributed by atoms with Crippen molar-refractivity contribution in [2.24, 2.45) is 35.0 Å². The van der Waals surface area contributed by atoms with Crippen LogP contribution in [0.3, 0.4) is 0 Å². The van der Waals surface area contributed by atoms with Gasteiger partial charge in [-0.05, 0) is 30.6 Å². The standard InChI is InChI=1S/C24H47N7O5S/c1-7-14(6)19(20(27)32)31-22(34)16(9-13(4)5)28-23(35)17(10-25)29-24(36)18(11-37)30-21(33)15(26)8-12(2)3/h12-19,37H,7-11,25-26H2,1-6H3,(H2,27,32)(H,28,35)(H,29,36)(H,30,33)(H,31,34)/t14-,15-,16-,17-,18-,19-/m0/s1. The average Bonchev–Trinajstić information content (AvgIpc) is 2.81. The number of hydrogen-bond acceptors (Lipinski definition) is 8. The summed E-state index contributed by atoms with van der Waals surface area (Å²) in [6, 6.07) is -4.90. The number of nitrogens with two attached hydrogens (primary N) is 3. The van der Waals surface area contributed by atoms with Gasteiger partial charge in [0, 0.05) is 12.3 Å². The topological polar surface area (TPSA) is 212 Å². The maximum Gasteiger partial charge on any atom is 0.244 e. The first-order valence-corrected chi connectivity index (χ1v) is 13.4. The SMILES string of the molecule is CC[C@H](C)[C@H](NC(=O)[C@H](CC(C)C)NC(=O)[C@H](CN)NC(=O)[C@H](CS)NC(=O)[C@@H](N)CC(C)C)C(N)=O. The highest BCUT2D eigenvalue weighted by Gasteiger charge is 2.32. The molecule has 5 amide bonds. The maximum absolute atomic E-state index is 13.0.